The molecule has 210 valence electrons. The first-order valence-corrected chi connectivity index (χ1v) is 13.2. The number of imidazole rings is 1. The number of benzene rings is 1. The van der Waals surface area contributed by atoms with E-state index in [0.29, 0.717) is 28.6 Å². The zero-order chi connectivity index (χ0) is 28.6. The average Bonchev–Trinajstić information content (AvgIpc) is 3.28. The van der Waals surface area contributed by atoms with E-state index in [4.69, 9.17) is 10.2 Å². The maximum Gasteiger partial charge on any atom is 0.229 e. The minimum atomic E-state index is -0.652. The summed E-state index contributed by atoms with van der Waals surface area (Å²) in [5.41, 5.74) is 3.25. The van der Waals surface area contributed by atoms with Crippen LogP contribution >= 0.6 is 0 Å². The van der Waals surface area contributed by atoms with Crippen LogP contribution in [0.4, 0.5) is 20.5 Å². The Kier molecular flexibility index (Phi) is 7.61. The van der Waals surface area contributed by atoms with Crippen molar-refractivity contribution in [3.63, 3.8) is 0 Å². The Morgan fingerprint density at radius 3 is 2.73 bits per heavy atom. The van der Waals surface area contributed by atoms with Gasteiger partial charge in [0.15, 0.2) is 11.6 Å². The molecule has 0 fully saturated rings. The van der Waals surface area contributed by atoms with E-state index in [2.05, 4.69) is 30.3 Å². The first-order chi connectivity index (χ1) is 19.1. The summed E-state index contributed by atoms with van der Waals surface area (Å²) in [6, 6.07) is 6.89. The number of nitrogens with one attached hydrogen (secondary N) is 1. The molecule has 1 aliphatic rings. The molecule has 0 atom stereocenters. The topological polar surface area (TPSA) is 108 Å². The van der Waals surface area contributed by atoms with Gasteiger partial charge in [-0.05, 0) is 51.5 Å². The highest BCUT2D eigenvalue weighted by Gasteiger charge is 2.20. The Morgan fingerprint density at radius 1 is 1.18 bits per heavy atom. The van der Waals surface area contributed by atoms with Crippen molar-refractivity contribution in [3.8, 4) is 11.3 Å². The lowest BCUT2D eigenvalue weighted by molar-refractivity contribution is 0.232. The van der Waals surface area contributed by atoms with Gasteiger partial charge in [0, 0.05) is 56.9 Å². The molecule has 0 bridgehead atoms. The molecule has 2 N–H and O–H groups in total. The molecule has 0 radical (unpaired) electrons. The number of likely N-dealkylation sites (N-methyl/N-ethyl adjacent to an activating group) is 1. The Balaban J connectivity index is 1.35. The summed E-state index contributed by atoms with van der Waals surface area (Å²) in [6.45, 7) is 10.8. The molecule has 0 amide bonds. The first kappa shape index (κ1) is 27.4. The molecule has 4 heterocycles. The fourth-order valence-corrected chi connectivity index (χ4v) is 5.07. The second-order valence-corrected chi connectivity index (χ2v) is 10.4. The number of fused-ring (bicyclic) bond motifs is 2. The summed E-state index contributed by atoms with van der Waals surface area (Å²) < 4.78 is 31.8. The minimum absolute atomic E-state index is 0.00694. The first-order valence-electron chi connectivity index (χ1n) is 13.2. The fraction of sp³-hybridized carbons (Fsp3) is 0.393. The summed E-state index contributed by atoms with van der Waals surface area (Å²) in [4.78, 5) is 21.8. The van der Waals surface area contributed by atoms with E-state index in [1.807, 2.05) is 49.4 Å². The van der Waals surface area contributed by atoms with Crippen LogP contribution in [0.1, 0.15) is 43.9 Å². The van der Waals surface area contributed by atoms with Crippen LogP contribution in [0, 0.1) is 18.6 Å². The van der Waals surface area contributed by atoms with Gasteiger partial charge in [0.1, 0.15) is 28.7 Å². The molecule has 5 rings (SSSR count). The van der Waals surface area contributed by atoms with Gasteiger partial charge in [0.2, 0.25) is 5.95 Å². The van der Waals surface area contributed by atoms with Crippen molar-refractivity contribution in [1.82, 2.24) is 34.3 Å². The SMILES string of the molecule is C/C(=N/O)N(C)CCN1CCc2nc(Nc3ncc(F)c(-c4cc(F)c5nc(C)n(C(C)C)c5c4)n3)ccc2C1. The third-order valence-corrected chi connectivity index (χ3v) is 7.27. The van der Waals surface area contributed by atoms with Crippen molar-refractivity contribution in [2.45, 2.75) is 46.7 Å². The van der Waals surface area contributed by atoms with Gasteiger partial charge in [-0.1, -0.05) is 11.2 Å². The number of halogens is 2. The van der Waals surface area contributed by atoms with Gasteiger partial charge in [-0.2, -0.15) is 0 Å². The van der Waals surface area contributed by atoms with Crippen LogP contribution in [-0.2, 0) is 13.0 Å². The van der Waals surface area contributed by atoms with Gasteiger partial charge in [0.25, 0.3) is 0 Å². The van der Waals surface area contributed by atoms with E-state index < -0.39 is 11.6 Å². The largest absolute Gasteiger partial charge is 0.409 e. The van der Waals surface area contributed by atoms with Gasteiger partial charge in [0.05, 0.1) is 11.7 Å². The van der Waals surface area contributed by atoms with E-state index in [9.17, 15) is 4.39 Å². The highest BCUT2D eigenvalue weighted by molar-refractivity contribution is 5.83. The molecule has 1 aromatic carbocycles. The van der Waals surface area contributed by atoms with Gasteiger partial charge in [-0.15, -0.1) is 0 Å². The highest BCUT2D eigenvalue weighted by atomic mass is 19.1. The predicted octanol–water partition coefficient (Wildman–Crippen LogP) is 4.90. The molecule has 4 aromatic rings. The number of rotatable bonds is 7. The third kappa shape index (κ3) is 5.44. The third-order valence-electron chi connectivity index (χ3n) is 7.27. The van der Waals surface area contributed by atoms with E-state index in [0.717, 1.165) is 50.1 Å². The predicted molar refractivity (Wildman–Crippen MR) is 150 cm³/mol. The molecular formula is C28H33F2N9O. The van der Waals surface area contributed by atoms with Crippen LogP contribution in [0.2, 0.25) is 0 Å². The van der Waals surface area contributed by atoms with Gasteiger partial charge in [-0.25, -0.2) is 28.7 Å². The summed E-state index contributed by atoms with van der Waals surface area (Å²) in [5, 5.41) is 15.3. The second kappa shape index (κ2) is 11.1. The van der Waals surface area contributed by atoms with Crippen LogP contribution in [-0.4, -0.2) is 72.0 Å². The number of anilines is 2. The molecular weight excluding hydrogens is 516 g/mol. The molecule has 0 spiro atoms. The monoisotopic (exact) mass is 549 g/mol. The minimum Gasteiger partial charge on any atom is -0.409 e. The zero-order valence-corrected chi connectivity index (χ0v) is 23.3. The Hall–Kier alpha value is -4.19. The summed E-state index contributed by atoms with van der Waals surface area (Å²) in [6.07, 6.45) is 1.85. The number of aryl methyl sites for hydroxylation is 1. The lowest BCUT2D eigenvalue weighted by Gasteiger charge is -2.30. The molecule has 0 saturated heterocycles. The maximum atomic E-state index is 15.0. The molecule has 12 heteroatoms. The van der Waals surface area contributed by atoms with Crippen LogP contribution in [0.25, 0.3) is 22.3 Å². The molecule has 0 aliphatic carbocycles. The van der Waals surface area contributed by atoms with Crippen LogP contribution in [0.5, 0.6) is 0 Å². The normalized spacial score (nSPS) is 14.2. The Bertz CT molecular complexity index is 1580. The van der Waals surface area contributed by atoms with Crippen molar-refractivity contribution >= 4 is 28.6 Å². The van der Waals surface area contributed by atoms with Gasteiger partial charge >= 0.3 is 0 Å². The molecule has 3 aromatic heterocycles. The average molecular weight is 550 g/mol. The number of aromatic nitrogens is 5. The Morgan fingerprint density at radius 2 is 1.98 bits per heavy atom. The van der Waals surface area contributed by atoms with Crippen molar-refractivity contribution in [2.24, 2.45) is 5.16 Å². The van der Waals surface area contributed by atoms with E-state index in [-0.39, 0.29) is 23.2 Å². The van der Waals surface area contributed by atoms with E-state index >= 15 is 4.39 Å². The molecule has 1 aliphatic heterocycles. The number of oxime groups is 1. The van der Waals surface area contributed by atoms with E-state index in [1.165, 1.54) is 6.07 Å². The number of amidine groups is 1. The summed E-state index contributed by atoms with van der Waals surface area (Å²) in [5.74, 6) is 0.793. The van der Waals surface area contributed by atoms with Crippen molar-refractivity contribution in [3.05, 3.63) is 59.2 Å². The lowest BCUT2D eigenvalue weighted by Crippen LogP contribution is -2.38. The van der Waals surface area contributed by atoms with Crippen LogP contribution < -0.4 is 5.32 Å². The van der Waals surface area contributed by atoms with Gasteiger partial charge in [-0.3, -0.25) is 4.90 Å². The molecule has 10 nitrogen and oxygen atoms in total. The Labute approximate surface area is 231 Å². The molecule has 40 heavy (non-hydrogen) atoms. The van der Waals surface area contributed by atoms with Crippen molar-refractivity contribution in [2.75, 3.05) is 32.0 Å². The van der Waals surface area contributed by atoms with E-state index in [1.54, 1.807) is 13.0 Å². The van der Waals surface area contributed by atoms with Crippen LogP contribution in [0.3, 0.4) is 0 Å². The standard InChI is InChI=1S/C28H33F2N9O/c1-16(2)39-17(3)32-27-21(29)12-20(13-24(27)39)26-22(30)14-31-28(35-26)34-25-7-6-19-15-38(9-8-23(19)33-25)11-10-37(5)18(4)36-40/h6-7,12-14,16,40H,8-11,15H2,1-5H3,(H,31,33,34,35)/b36-18-. The lowest BCUT2D eigenvalue weighted by atomic mass is 10.1. The number of hydrogen-bond donors (Lipinski definition) is 2. The molecule has 0 saturated carbocycles. The smallest absolute Gasteiger partial charge is 0.229 e. The summed E-state index contributed by atoms with van der Waals surface area (Å²) in [7, 11) is 1.89. The van der Waals surface area contributed by atoms with Crippen molar-refractivity contribution < 1.29 is 14.0 Å². The van der Waals surface area contributed by atoms with Crippen LogP contribution in [0.15, 0.2) is 35.6 Å². The van der Waals surface area contributed by atoms with Crippen molar-refractivity contribution in [1.29, 1.82) is 0 Å². The quantitative estimate of drug-likeness (QED) is 0.145. The second-order valence-electron chi connectivity index (χ2n) is 10.4. The van der Waals surface area contributed by atoms with Gasteiger partial charge < -0.3 is 20.0 Å². The highest BCUT2D eigenvalue weighted by Crippen LogP contribution is 2.30. The molecule has 0 unspecified atom stereocenters. The maximum absolute atomic E-state index is 15.0. The number of hydrogen-bond acceptors (Lipinski definition) is 8. The fourth-order valence-electron chi connectivity index (χ4n) is 5.07. The number of nitrogens with zero attached hydrogens (tertiary/aromatic N) is 8. The zero-order valence-electron chi connectivity index (χ0n) is 23.3. The summed E-state index contributed by atoms with van der Waals surface area (Å²) >= 11 is 0. The number of pyridine rings is 1.